The number of nitrogens with one attached hydrogen (secondary N) is 1. The molecule has 0 aromatic heterocycles. The van der Waals surface area contributed by atoms with Gasteiger partial charge in [-0.1, -0.05) is 11.6 Å². The molecule has 0 saturated heterocycles. The van der Waals surface area contributed by atoms with Gasteiger partial charge >= 0.3 is 0 Å². The first kappa shape index (κ1) is 14.7. The summed E-state index contributed by atoms with van der Waals surface area (Å²) in [6, 6.07) is 11.0. The number of benzene rings is 2. The summed E-state index contributed by atoms with van der Waals surface area (Å²) in [5, 5.41) is 3.33. The monoisotopic (exact) mass is 310 g/mol. The number of nitrogens with two attached hydrogens (primary N) is 1. The maximum absolute atomic E-state index is 13.1. The third-order valence-electron chi connectivity index (χ3n) is 2.39. The SMILES string of the molecule is Nc1cc(F)cc(SCC(=O)Nc2ccc(Cl)cc2)c1. The van der Waals surface area contributed by atoms with Crippen molar-refractivity contribution < 1.29 is 9.18 Å². The van der Waals surface area contributed by atoms with Crippen LogP contribution in [0.25, 0.3) is 0 Å². The van der Waals surface area contributed by atoms with Crippen LogP contribution in [0.2, 0.25) is 5.02 Å². The molecule has 20 heavy (non-hydrogen) atoms. The molecule has 2 aromatic rings. The Labute approximate surface area is 125 Å². The maximum atomic E-state index is 13.1. The molecule has 3 nitrogen and oxygen atoms in total. The standard InChI is InChI=1S/C14H12ClFN2OS/c15-9-1-3-12(4-2-9)18-14(19)8-20-13-6-10(16)5-11(17)7-13/h1-7H,8,17H2,(H,18,19). The summed E-state index contributed by atoms with van der Waals surface area (Å²) in [7, 11) is 0. The molecule has 0 saturated carbocycles. The van der Waals surface area contributed by atoms with Crippen molar-refractivity contribution in [3.63, 3.8) is 0 Å². The summed E-state index contributed by atoms with van der Waals surface area (Å²) in [6.07, 6.45) is 0. The van der Waals surface area contributed by atoms with E-state index in [1.807, 2.05) is 0 Å². The molecule has 2 aromatic carbocycles. The average Bonchev–Trinajstić information content (AvgIpc) is 2.38. The van der Waals surface area contributed by atoms with Crippen LogP contribution in [-0.2, 0) is 4.79 Å². The molecule has 0 atom stereocenters. The normalized spacial score (nSPS) is 10.3. The van der Waals surface area contributed by atoms with E-state index < -0.39 is 5.82 Å². The zero-order chi connectivity index (χ0) is 14.5. The number of hydrogen-bond donors (Lipinski definition) is 2. The van der Waals surface area contributed by atoms with Crippen LogP contribution in [0.5, 0.6) is 0 Å². The minimum absolute atomic E-state index is 0.172. The average molecular weight is 311 g/mol. The van der Waals surface area contributed by atoms with E-state index >= 15 is 0 Å². The highest BCUT2D eigenvalue weighted by Gasteiger charge is 2.05. The third-order valence-corrected chi connectivity index (χ3v) is 3.62. The lowest BCUT2D eigenvalue weighted by Gasteiger charge is -2.06. The Kier molecular flexibility index (Phi) is 4.87. The van der Waals surface area contributed by atoms with Crippen LogP contribution in [0.4, 0.5) is 15.8 Å². The van der Waals surface area contributed by atoms with Crippen molar-refractivity contribution in [3.05, 3.63) is 53.3 Å². The number of thioether (sulfide) groups is 1. The topological polar surface area (TPSA) is 55.1 Å². The Bertz CT molecular complexity index is 599. The molecule has 104 valence electrons. The lowest BCUT2D eigenvalue weighted by Crippen LogP contribution is -2.13. The number of carbonyl (C=O) groups is 1. The van der Waals surface area contributed by atoms with Crippen molar-refractivity contribution in [2.75, 3.05) is 16.8 Å². The highest BCUT2D eigenvalue weighted by molar-refractivity contribution is 8.00. The summed E-state index contributed by atoms with van der Waals surface area (Å²) in [5.74, 6) is -0.420. The second-order valence-corrected chi connectivity index (χ2v) is 5.55. The molecular weight excluding hydrogens is 299 g/mol. The predicted octanol–water partition coefficient (Wildman–Crippen LogP) is 3.79. The molecule has 0 radical (unpaired) electrons. The van der Waals surface area contributed by atoms with Gasteiger partial charge in [0.25, 0.3) is 0 Å². The molecule has 0 heterocycles. The molecule has 2 rings (SSSR count). The molecule has 0 aliphatic rings. The number of nitrogen functional groups attached to an aromatic ring is 1. The van der Waals surface area contributed by atoms with E-state index in [1.54, 1.807) is 30.3 Å². The third kappa shape index (κ3) is 4.43. The van der Waals surface area contributed by atoms with Crippen molar-refractivity contribution in [3.8, 4) is 0 Å². The zero-order valence-corrected chi connectivity index (χ0v) is 12.0. The van der Waals surface area contributed by atoms with Gasteiger partial charge in [0.1, 0.15) is 5.82 Å². The van der Waals surface area contributed by atoms with E-state index in [0.717, 1.165) is 0 Å². The molecule has 0 aliphatic heterocycles. The van der Waals surface area contributed by atoms with Crippen LogP contribution < -0.4 is 11.1 Å². The Morgan fingerprint density at radius 2 is 1.95 bits per heavy atom. The quantitative estimate of drug-likeness (QED) is 0.667. The number of hydrogen-bond acceptors (Lipinski definition) is 3. The summed E-state index contributed by atoms with van der Waals surface area (Å²) < 4.78 is 13.1. The van der Waals surface area contributed by atoms with Gasteiger partial charge in [0, 0.05) is 21.3 Å². The number of rotatable bonds is 4. The van der Waals surface area contributed by atoms with Crippen molar-refractivity contribution in [2.45, 2.75) is 4.90 Å². The fraction of sp³-hybridized carbons (Fsp3) is 0.0714. The van der Waals surface area contributed by atoms with Gasteiger partial charge in [0.15, 0.2) is 0 Å². The van der Waals surface area contributed by atoms with Gasteiger partial charge in [-0.25, -0.2) is 4.39 Å². The molecule has 0 spiro atoms. The van der Waals surface area contributed by atoms with Crippen molar-refractivity contribution in [1.29, 1.82) is 0 Å². The fourth-order valence-electron chi connectivity index (χ4n) is 1.55. The number of carbonyl (C=O) groups excluding carboxylic acids is 1. The van der Waals surface area contributed by atoms with Crippen LogP contribution in [0, 0.1) is 5.82 Å². The summed E-state index contributed by atoms with van der Waals surface area (Å²) in [5.41, 5.74) is 6.54. The first-order valence-corrected chi connectivity index (χ1v) is 7.13. The second-order valence-electron chi connectivity index (χ2n) is 4.06. The van der Waals surface area contributed by atoms with E-state index in [1.165, 1.54) is 23.9 Å². The van der Waals surface area contributed by atoms with Crippen LogP contribution in [0.15, 0.2) is 47.4 Å². The maximum Gasteiger partial charge on any atom is 0.234 e. The Balaban J connectivity index is 1.90. The Morgan fingerprint density at radius 1 is 1.25 bits per heavy atom. The Morgan fingerprint density at radius 3 is 2.60 bits per heavy atom. The van der Waals surface area contributed by atoms with Gasteiger partial charge < -0.3 is 11.1 Å². The largest absolute Gasteiger partial charge is 0.399 e. The number of halogens is 2. The van der Waals surface area contributed by atoms with Gasteiger partial charge in [0.05, 0.1) is 5.75 Å². The van der Waals surface area contributed by atoms with E-state index in [2.05, 4.69) is 5.32 Å². The van der Waals surface area contributed by atoms with E-state index in [0.29, 0.717) is 21.3 Å². The van der Waals surface area contributed by atoms with Crippen molar-refractivity contribution >= 4 is 40.6 Å². The molecule has 0 aliphatic carbocycles. The van der Waals surface area contributed by atoms with Crippen molar-refractivity contribution in [2.24, 2.45) is 0 Å². The fourth-order valence-corrected chi connectivity index (χ4v) is 2.46. The van der Waals surface area contributed by atoms with Crippen LogP contribution in [0.1, 0.15) is 0 Å². The second kappa shape index (κ2) is 6.63. The molecule has 0 unspecified atom stereocenters. The van der Waals surface area contributed by atoms with Crippen LogP contribution in [-0.4, -0.2) is 11.7 Å². The first-order chi connectivity index (χ1) is 9.52. The van der Waals surface area contributed by atoms with Gasteiger partial charge in [-0.05, 0) is 42.5 Å². The minimum Gasteiger partial charge on any atom is -0.399 e. The van der Waals surface area contributed by atoms with Crippen LogP contribution in [0.3, 0.4) is 0 Å². The van der Waals surface area contributed by atoms with Crippen molar-refractivity contribution in [1.82, 2.24) is 0 Å². The smallest absolute Gasteiger partial charge is 0.234 e. The highest BCUT2D eigenvalue weighted by Crippen LogP contribution is 2.22. The zero-order valence-electron chi connectivity index (χ0n) is 10.4. The number of anilines is 2. The predicted molar refractivity (Wildman–Crippen MR) is 81.6 cm³/mol. The highest BCUT2D eigenvalue weighted by atomic mass is 35.5. The lowest BCUT2D eigenvalue weighted by atomic mass is 10.3. The van der Waals surface area contributed by atoms with Gasteiger partial charge in [-0.2, -0.15) is 0 Å². The molecule has 0 bridgehead atoms. The van der Waals surface area contributed by atoms with Gasteiger partial charge in [-0.3, -0.25) is 4.79 Å². The molecule has 0 fully saturated rings. The molecule has 6 heteroatoms. The molecule has 3 N–H and O–H groups in total. The van der Waals surface area contributed by atoms with Crippen LogP contribution >= 0.6 is 23.4 Å². The summed E-state index contributed by atoms with van der Waals surface area (Å²) in [4.78, 5) is 12.4. The summed E-state index contributed by atoms with van der Waals surface area (Å²) >= 11 is 6.98. The first-order valence-electron chi connectivity index (χ1n) is 5.77. The lowest BCUT2D eigenvalue weighted by molar-refractivity contribution is -0.113. The number of amides is 1. The molecule has 1 amide bonds. The Hall–Kier alpha value is -1.72. The van der Waals surface area contributed by atoms with E-state index in [4.69, 9.17) is 17.3 Å². The molecular formula is C14H12ClFN2OS. The van der Waals surface area contributed by atoms with E-state index in [9.17, 15) is 9.18 Å². The van der Waals surface area contributed by atoms with Gasteiger partial charge in [0.2, 0.25) is 5.91 Å². The minimum atomic E-state index is -0.411. The van der Waals surface area contributed by atoms with E-state index in [-0.39, 0.29) is 11.7 Å². The summed E-state index contributed by atoms with van der Waals surface area (Å²) in [6.45, 7) is 0. The van der Waals surface area contributed by atoms with Gasteiger partial charge in [-0.15, -0.1) is 11.8 Å².